The second-order valence-corrected chi connectivity index (χ2v) is 5.25. The Morgan fingerprint density at radius 3 is 2.94 bits per heavy atom. The molecule has 0 aromatic heterocycles. The molecule has 4 nitrogen and oxygen atoms in total. The molecule has 0 bridgehead atoms. The van der Waals surface area contributed by atoms with Gasteiger partial charge < -0.3 is 10.2 Å². The molecule has 96 valence electrons. The lowest BCUT2D eigenvalue weighted by atomic mass is 10.1. The average molecular weight is 311 g/mol. The molecule has 1 aromatic rings. The summed E-state index contributed by atoms with van der Waals surface area (Å²) in [7, 11) is 0. The summed E-state index contributed by atoms with van der Waals surface area (Å²) in [6.07, 6.45) is 0.799. The van der Waals surface area contributed by atoms with Crippen LogP contribution in [0.1, 0.15) is 22.3 Å². The lowest BCUT2D eigenvalue weighted by Gasteiger charge is -2.19. The number of amides is 2. The topological polar surface area (TPSA) is 49.4 Å². The average Bonchev–Trinajstić information content (AvgIpc) is 2.56. The molecule has 0 aliphatic carbocycles. The van der Waals surface area contributed by atoms with E-state index in [0.717, 1.165) is 16.5 Å². The number of hydrogen-bond donors (Lipinski definition) is 1. The minimum Gasteiger partial charge on any atom is -0.354 e. The Bertz CT molecular complexity index is 488. The van der Waals surface area contributed by atoms with Crippen LogP contribution < -0.4 is 5.32 Å². The summed E-state index contributed by atoms with van der Waals surface area (Å²) in [5, 5.41) is 2.76. The molecule has 0 spiro atoms. The quantitative estimate of drug-likeness (QED) is 0.858. The molecular weight excluding hydrogens is 296 g/mol. The molecule has 1 aromatic carbocycles. The van der Waals surface area contributed by atoms with Gasteiger partial charge in [0.15, 0.2) is 0 Å². The first kappa shape index (κ1) is 13.1. The van der Waals surface area contributed by atoms with Crippen LogP contribution in [0, 0.1) is 6.92 Å². The first-order valence-electron chi connectivity index (χ1n) is 5.90. The number of rotatable bonds is 1. The largest absolute Gasteiger partial charge is 0.354 e. The van der Waals surface area contributed by atoms with E-state index in [-0.39, 0.29) is 18.4 Å². The van der Waals surface area contributed by atoms with Crippen LogP contribution in [0.4, 0.5) is 0 Å². The van der Waals surface area contributed by atoms with Crippen molar-refractivity contribution in [1.29, 1.82) is 0 Å². The fourth-order valence-electron chi connectivity index (χ4n) is 1.94. The van der Waals surface area contributed by atoms with E-state index in [1.54, 1.807) is 11.0 Å². The summed E-state index contributed by atoms with van der Waals surface area (Å²) in [6.45, 7) is 3.35. The summed E-state index contributed by atoms with van der Waals surface area (Å²) in [6, 6.07) is 5.48. The number of benzene rings is 1. The Hall–Kier alpha value is -1.36. The zero-order valence-corrected chi connectivity index (χ0v) is 11.8. The second kappa shape index (κ2) is 5.52. The first-order valence-corrected chi connectivity index (χ1v) is 6.69. The smallest absolute Gasteiger partial charge is 0.254 e. The Kier molecular flexibility index (Phi) is 4.01. The highest BCUT2D eigenvalue weighted by Crippen LogP contribution is 2.18. The maximum atomic E-state index is 12.3. The summed E-state index contributed by atoms with van der Waals surface area (Å²) >= 11 is 3.41. The second-order valence-electron chi connectivity index (χ2n) is 4.39. The molecule has 18 heavy (non-hydrogen) atoms. The third kappa shape index (κ3) is 2.90. The molecule has 0 saturated carbocycles. The van der Waals surface area contributed by atoms with Crippen molar-refractivity contribution in [3.63, 3.8) is 0 Å². The molecule has 2 rings (SSSR count). The maximum Gasteiger partial charge on any atom is 0.254 e. The number of nitrogens with zero attached hydrogens (tertiary/aromatic N) is 1. The van der Waals surface area contributed by atoms with Crippen molar-refractivity contribution < 1.29 is 9.59 Å². The molecule has 2 amide bonds. The molecule has 1 fully saturated rings. The Morgan fingerprint density at radius 2 is 2.22 bits per heavy atom. The molecule has 1 heterocycles. The number of nitrogens with one attached hydrogen (secondary N) is 1. The zero-order chi connectivity index (χ0) is 13.1. The van der Waals surface area contributed by atoms with E-state index in [4.69, 9.17) is 0 Å². The summed E-state index contributed by atoms with van der Waals surface area (Å²) in [5.74, 6) is -0.169. The predicted octanol–water partition coefficient (Wildman–Crippen LogP) is 1.72. The highest BCUT2D eigenvalue weighted by molar-refractivity contribution is 9.10. The molecule has 5 heteroatoms. The van der Waals surface area contributed by atoms with Crippen molar-refractivity contribution in [3.05, 3.63) is 33.8 Å². The Labute approximate surface area is 114 Å². The van der Waals surface area contributed by atoms with Crippen molar-refractivity contribution in [1.82, 2.24) is 10.2 Å². The van der Waals surface area contributed by atoms with Gasteiger partial charge in [0.25, 0.3) is 5.91 Å². The van der Waals surface area contributed by atoms with Crippen molar-refractivity contribution >= 4 is 27.7 Å². The standard InChI is InChI=1S/C13H15BrN2O2/c1-9-7-10(3-4-11(9)14)13(18)16-6-2-5-15-12(17)8-16/h3-4,7H,2,5-6,8H2,1H3,(H,15,17). The normalized spacial score (nSPS) is 16.1. The lowest BCUT2D eigenvalue weighted by Crippen LogP contribution is -2.37. The molecule has 1 aliphatic rings. The zero-order valence-electron chi connectivity index (χ0n) is 10.2. The van der Waals surface area contributed by atoms with E-state index in [9.17, 15) is 9.59 Å². The van der Waals surface area contributed by atoms with Gasteiger partial charge in [0.05, 0.1) is 6.54 Å². The van der Waals surface area contributed by atoms with Crippen molar-refractivity contribution in [2.45, 2.75) is 13.3 Å². The van der Waals surface area contributed by atoms with Crippen LogP contribution in [0.3, 0.4) is 0 Å². The van der Waals surface area contributed by atoms with Crippen LogP contribution in [0.15, 0.2) is 22.7 Å². The van der Waals surface area contributed by atoms with Gasteiger partial charge in [-0.3, -0.25) is 9.59 Å². The highest BCUT2D eigenvalue weighted by Gasteiger charge is 2.21. The van der Waals surface area contributed by atoms with E-state index in [1.165, 1.54) is 0 Å². The predicted molar refractivity (Wildman–Crippen MR) is 72.4 cm³/mol. The summed E-state index contributed by atoms with van der Waals surface area (Å²) in [4.78, 5) is 25.3. The van der Waals surface area contributed by atoms with Gasteiger partial charge >= 0.3 is 0 Å². The van der Waals surface area contributed by atoms with Crippen molar-refractivity contribution in [2.75, 3.05) is 19.6 Å². The first-order chi connectivity index (χ1) is 8.58. The monoisotopic (exact) mass is 310 g/mol. The van der Waals surface area contributed by atoms with E-state index < -0.39 is 0 Å². The molecule has 1 saturated heterocycles. The Balaban J connectivity index is 2.19. The number of aryl methyl sites for hydroxylation is 1. The molecule has 0 unspecified atom stereocenters. The SMILES string of the molecule is Cc1cc(C(=O)N2CCCNC(=O)C2)ccc1Br. The summed E-state index contributed by atoms with van der Waals surface area (Å²) in [5.41, 5.74) is 1.64. The van der Waals surface area contributed by atoms with Crippen LogP contribution in [0.25, 0.3) is 0 Å². The van der Waals surface area contributed by atoms with E-state index in [0.29, 0.717) is 18.7 Å². The molecule has 1 aliphatic heterocycles. The molecule has 0 radical (unpaired) electrons. The third-order valence-electron chi connectivity index (χ3n) is 2.95. The Morgan fingerprint density at radius 1 is 1.44 bits per heavy atom. The fourth-order valence-corrected chi connectivity index (χ4v) is 2.19. The maximum absolute atomic E-state index is 12.3. The molecule has 1 N–H and O–H groups in total. The third-order valence-corrected chi connectivity index (χ3v) is 3.84. The van der Waals surface area contributed by atoms with Crippen LogP contribution >= 0.6 is 15.9 Å². The van der Waals surface area contributed by atoms with Gasteiger partial charge in [0, 0.05) is 23.1 Å². The highest BCUT2D eigenvalue weighted by atomic mass is 79.9. The van der Waals surface area contributed by atoms with Crippen LogP contribution in [-0.4, -0.2) is 36.3 Å². The molecule has 0 atom stereocenters. The summed E-state index contributed by atoms with van der Waals surface area (Å²) < 4.78 is 0.979. The van der Waals surface area contributed by atoms with Crippen LogP contribution in [0.5, 0.6) is 0 Å². The van der Waals surface area contributed by atoms with Gasteiger partial charge in [-0.2, -0.15) is 0 Å². The van der Waals surface area contributed by atoms with Crippen LogP contribution in [0.2, 0.25) is 0 Å². The van der Waals surface area contributed by atoms with Crippen LogP contribution in [-0.2, 0) is 4.79 Å². The van der Waals surface area contributed by atoms with E-state index in [2.05, 4.69) is 21.2 Å². The van der Waals surface area contributed by atoms with Gasteiger partial charge in [-0.25, -0.2) is 0 Å². The lowest BCUT2D eigenvalue weighted by molar-refractivity contribution is -0.121. The van der Waals surface area contributed by atoms with Gasteiger partial charge in [0.1, 0.15) is 0 Å². The van der Waals surface area contributed by atoms with E-state index in [1.807, 2.05) is 19.1 Å². The van der Waals surface area contributed by atoms with E-state index >= 15 is 0 Å². The number of carbonyl (C=O) groups is 2. The van der Waals surface area contributed by atoms with Gasteiger partial charge in [-0.05, 0) is 37.1 Å². The van der Waals surface area contributed by atoms with Crippen molar-refractivity contribution in [3.8, 4) is 0 Å². The van der Waals surface area contributed by atoms with Crippen molar-refractivity contribution in [2.24, 2.45) is 0 Å². The minimum absolute atomic E-state index is 0.0809. The van der Waals surface area contributed by atoms with Gasteiger partial charge in [0.2, 0.25) is 5.91 Å². The number of halogens is 1. The molecular formula is C13H15BrN2O2. The van der Waals surface area contributed by atoms with Gasteiger partial charge in [-0.15, -0.1) is 0 Å². The minimum atomic E-state index is -0.0883. The number of hydrogen-bond acceptors (Lipinski definition) is 2. The van der Waals surface area contributed by atoms with Gasteiger partial charge in [-0.1, -0.05) is 15.9 Å². The number of carbonyl (C=O) groups excluding carboxylic acids is 2. The fraction of sp³-hybridized carbons (Fsp3) is 0.385.